The molecule has 3 aromatic heterocycles. The molecule has 5 rings (SSSR count). The molecule has 1 aliphatic heterocycles. The lowest BCUT2D eigenvalue weighted by atomic mass is 10.0. The molecular formula is C25H29N7OS. The number of imidazole rings is 1. The molecule has 1 aromatic carbocycles. The SMILES string of the molecule is CCC1CN(C(C)c2ccc3nc(C)sc3c2)CCN1c1cc(=O)n(C)n2cc(CC#N)nc12. The number of piperazine rings is 1. The van der Waals surface area contributed by atoms with Gasteiger partial charge in [0.1, 0.15) is 0 Å². The molecule has 2 unspecified atom stereocenters. The largest absolute Gasteiger partial charge is 0.363 e. The number of anilines is 1. The number of benzene rings is 1. The molecule has 0 spiro atoms. The van der Waals surface area contributed by atoms with Crippen molar-refractivity contribution in [3.05, 3.63) is 57.1 Å². The minimum Gasteiger partial charge on any atom is -0.363 e. The van der Waals surface area contributed by atoms with E-state index in [0.29, 0.717) is 11.7 Å². The molecular weight excluding hydrogens is 446 g/mol. The van der Waals surface area contributed by atoms with Crippen LogP contribution in [0, 0.1) is 18.3 Å². The Labute approximate surface area is 202 Å². The van der Waals surface area contributed by atoms with Gasteiger partial charge in [-0.2, -0.15) is 5.26 Å². The molecule has 0 radical (unpaired) electrons. The summed E-state index contributed by atoms with van der Waals surface area (Å²) in [5, 5.41) is 10.2. The van der Waals surface area contributed by atoms with Gasteiger partial charge in [0.05, 0.1) is 45.3 Å². The van der Waals surface area contributed by atoms with Gasteiger partial charge in [-0.1, -0.05) is 13.0 Å². The number of aromatic nitrogens is 4. The molecule has 1 fully saturated rings. The van der Waals surface area contributed by atoms with Crippen molar-refractivity contribution in [2.24, 2.45) is 7.05 Å². The zero-order valence-corrected chi connectivity index (χ0v) is 20.8. The summed E-state index contributed by atoms with van der Waals surface area (Å²) in [5.41, 5.74) is 4.57. The summed E-state index contributed by atoms with van der Waals surface area (Å²) in [6.45, 7) is 9.14. The zero-order valence-electron chi connectivity index (χ0n) is 20.0. The fourth-order valence-electron chi connectivity index (χ4n) is 5.01. The van der Waals surface area contributed by atoms with Crippen molar-refractivity contribution < 1.29 is 0 Å². The summed E-state index contributed by atoms with van der Waals surface area (Å²) in [4.78, 5) is 26.9. The van der Waals surface area contributed by atoms with Crippen molar-refractivity contribution >= 4 is 32.9 Å². The second-order valence-corrected chi connectivity index (χ2v) is 10.2. The molecule has 1 saturated heterocycles. The van der Waals surface area contributed by atoms with Gasteiger partial charge >= 0.3 is 0 Å². The van der Waals surface area contributed by atoms with E-state index in [1.807, 2.05) is 0 Å². The van der Waals surface area contributed by atoms with E-state index in [2.05, 4.69) is 59.8 Å². The molecule has 0 aliphatic carbocycles. The number of nitrogens with zero attached hydrogens (tertiary/aromatic N) is 7. The maximum atomic E-state index is 12.7. The molecule has 0 amide bonds. The number of hydrogen-bond acceptors (Lipinski definition) is 7. The van der Waals surface area contributed by atoms with Gasteiger partial charge in [-0.25, -0.2) is 19.2 Å². The van der Waals surface area contributed by atoms with E-state index in [1.54, 1.807) is 39.8 Å². The maximum Gasteiger partial charge on any atom is 0.267 e. The highest BCUT2D eigenvalue weighted by Crippen LogP contribution is 2.31. The molecule has 4 heterocycles. The lowest BCUT2D eigenvalue weighted by Crippen LogP contribution is -2.54. The first-order chi connectivity index (χ1) is 16.4. The van der Waals surface area contributed by atoms with Crippen LogP contribution in [0.1, 0.15) is 42.6 Å². The van der Waals surface area contributed by atoms with Gasteiger partial charge < -0.3 is 4.90 Å². The zero-order chi connectivity index (χ0) is 24.0. The maximum absolute atomic E-state index is 12.7. The third-order valence-electron chi connectivity index (χ3n) is 6.97. The molecule has 176 valence electrons. The Morgan fingerprint density at radius 1 is 1.26 bits per heavy atom. The quantitative estimate of drug-likeness (QED) is 0.438. The number of thiazole rings is 1. The molecule has 2 atom stereocenters. The highest BCUT2D eigenvalue weighted by molar-refractivity contribution is 7.18. The number of rotatable bonds is 5. The van der Waals surface area contributed by atoms with Crippen LogP contribution in [-0.4, -0.2) is 49.7 Å². The Balaban J connectivity index is 1.44. The monoisotopic (exact) mass is 475 g/mol. The van der Waals surface area contributed by atoms with Crippen LogP contribution in [0.25, 0.3) is 15.9 Å². The molecule has 8 nitrogen and oxygen atoms in total. The van der Waals surface area contributed by atoms with E-state index in [1.165, 1.54) is 10.3 Å². The van der Waals surface area contributed by atoms with Crippen LogP contribution in [0.2, 0.25) is 0 Å². The summed E-state index contributed by atoms with van der Waals surface area (Å²) in [6.07, 6.45) is 2.98. The van der Waals surface area contributed by atoms with Crippen molar-refractivity contribution in [2.75, 3.05) is 24.5 Å². The van der Waals surface area contributed by atoms with Crippen molar-refractivity contribution in [3.8, 4) is 6.07 Å². The third kappa shape index (κ3) is 3.87. The Kier molecular flexibility index (Phi) is 5.88. The summed E-state index contributed by atoms with van der Waals surface area (Å²) in [7, 11) is 1.73. The van der Waals surface area contributed by atoms with Gasteiger partial charge in [-0.3, -0.25) is 9.69 Å². The fraction of sp³-hybridized carbons (Fsp3) is 0.440. The van der Waals surface area contributed by atoms with E-state index in [4.69, 9.17) is 10.2 Å². The summed E-state index contributed by atoms with van der Waals surface area (Å²) in [5.74, 6) is 0. The average Bonchev–Trinajstić information content (AvgIpc) is 3.43. The van der Waals surface area contributed by atoms with Crippen LogP contribution in [-0.2, 0) is 13.5 Å². The third-order valence-corrected chi connectivity index (χ3v) is 7.91. The van der Waals surface area contributed by atoms with Crippen molar-refractivity contribution in [1.82, 2.24) is 24.1 Å². The minimum absolute atomic E-state index is 0.0813. The van der Waals surface area contributed by atoms with E-state index in [-0.39, 0.29) is 18.0 Å². The molecule has 9 heteroatoms. The van der Waals surface area contributed by atoms with Gasteiger partial charge in [0.2, 0.25) is 0 Å². The molecule has 0 saturated carbocycles. The van der Waals surface area contributed by atoms with E-state index in [0.717, 1.165) is 47.9 Å². The van der Waals surface area contributed by atoms with Gasteiger partial charge in [-0.15, -0.1) is 11.3 Å². The Morgan fingerprint density at radius 3 is 2.85 bits per heavy atom. The van der Waals surface area contributed by atoms with E-state index in [9.17, 15) is 4.79 Å². The lowest BCUT2D eigenvalue weighted by Gasteiger charge is -2.44. The number of fused-ring (bicyclic) bond motifs is 2. The van der Waals surface area contributed by atoms with Crippen LogP contribution in [0.5, 0.6) is 0 Å². The van der Waals surface area contributed by atoms with Crippen LogP contribution in [0.15, 0.2) is 35.3 Å². The Morgan fingerprint density at radius 2 is 2.09 bits per heavy atom. The molecule has 0 bridgehead atoms. The van der Waals surface area contributed by atoms with Gasteiger partial charge in [0, 0.05) is 44.8 Å². The number of aryl methyl sites for hydroxylation is 2. The highest BCUT2D eigenvalue weighted by atomic mass is 32.1. The molecule has 1 aliphatic rings. The number of hydrogen-bond donors (Lipinski definition) is 0. The van der Waals surface area contributed by atoms with Gasteiger partial charge in [0.15, 0.2) is 5.65 Å². The fourth-order valence-corrected chi connectivity index (χ4v) is 5.88. The molecule has 34 heavy (non-hydrogen) atoms. The summed E-state index contributed by atoms with van der Waals surface area (Å²) in [6, 6.07) is 11.0. The molecule has 4 aromatic rings. The average molecular weight is 476 g/mol. The predicted molar refractivity (Wildman–Crippen MR) is 136 cm³/mol. The van der Waals surface area contributed by atoms with Crippen molar-refractivity contribution in [3.63, 3.8) is 0 Å². The van der Waals surface area contributed by atoms with E-state index >= 15 is 0 Å². The second-order valence-electron chi connectivity index (χ2n) is 9.01. The Hall–Kier alpha value is -3.22. The highest BCUT2D eigenvalue weighted by Gasteiger charge is 2.31. The number of nitriles is 1. The summed E-state index contributed by atoms with van der Waals surface area (Å²) >= 11 is 1.74. The Bertz CT molecular complexity index is 1460. The topological polar surface area (TPSA) is 82.5 Å². The van der Waals surface area contributed by atoms with Crippen LogP contribution >= 0.6 is 11.3 Å². The van der Waals surface area contributed by atoms with E-state index < -0.39 is 0 Å². The predicted octanol–water partition coefficient (Wildman–Crippen LogP) is 3.68. The standard InChI is InChI=1S/C25H29N7OS/c1-5-20-15-30(16(2)18-6-7-21-23(12-18)34-17(3)27-21)10-11-31(20)22-13-24(33)29(4)32-14-19(8-9-26)28-25(22)32/h6-7,12-14,16,20H,5,8,10-11,15H2,1-4H3. The first kappa shape index (κ1) is 22.6. The minimum atomic E-state index is -0.0813. The van der Waals surface area contributed by atoms with Crippen molar-refractivity contribution in [2.45, 2.75) is 45.7 Å². The first-order valence-corrected chi connectivity index (χ1v) is 12.5. The van der Waals surface area contributed by atoms with Gasteiger partial charge in [0.25, 0.3) is 5.56 Å². The van der Waals surface area contributed by atoms with Crippen LogP contribution in [0.4, 0.5) is 5.69 Å². The van der Waals surface area contributed by atoms with Gasteiger partial charge in [-0.05, 0) is 38.0 Å². The lowest BCUT2D eigenvalue weighted by molar-refractivity contribution is 0.169. The van der Waals surface area contributed by atoms with Crippen LogP contribution in [0.3, 0.4) is 0 Å². The first-order valence-electron chi connectivity index (χ1n) is 11.7. The normalized spacial score (nSPS) is 18.0. The second kappa shape index (κ2) is 8.85. The summed E-state index contributed by atoms with van der Waals surface area (Å²) < 4.78 is 4.56. The van der Waals surface area contributed by atoms with Crippen LogP contribution < -0.4 is 10.5 Å². The molecule has 0 N–H and O–H groups in total. The van der Waals surface area contributed by atoms with Crippen molar-refractivity contribution in [1.29, 1.82) is 5.26 Å². The smallest absolute Gasteiger partial charge is 0.267 e.